The zero-order valence-corrected chi connectivity index (χ0v) is 12.7. The summed E-state index contributed by atoms with van der Waals surface area (Å²) in [6.45, 7) is 8.12. The fourth-order valence-electron chi connectivity index (χ4n) is 1.98. The quantitative estimate of drug-likeness (QED) is 0.565. The maximum Gasteiger partial charge on any atom is 0.193 e. The molecular formula is C15H26N4O. The molecule has 112 valence electrons. The average Bonchev–Trinajstić information content (AvgIpc) is 2.47. The first-order valence-electron chi connectivity index (χ1n) is 7.13. The maximum atomic E-state index is 5.90. The van der Waals surface area contributed by atoms with Crippen LogP contribution in [0.2, 0.25) is 0 Å². The first kappa shape index (κ1) is 16.3. The van der Waals surface area contributed by atoms with E-state index in [9.17, 15) is 0 Å². The van der Waals surface area contributed by atoms with E-state index in [1.54, 1.807) is 7.11 Å². The Bertz CT molecular complexity index is 420. The number of rotatable bonds is 8. The molecule has 0 radical (unpaired) electrons. The van der Waals surface area contributed by atoms with Gasteiger partial charge in [0.1, 0.15) is 5.75 Å². The highest BCUT2D eigenvalue weighted by molar-refractivity contribution is 5.93. The number of likely N-dealkylation sites (N-methyl/N-ethyl adjacent to an activating group) is 1. The van der Waals surface area contributed by atoms with Gasteiger partial charge in [0.2, 0.25) is 0 Å². The van der Waals surface area contributed by atoms with Gasteiger partial charge in [-0.05, 0) is 31.6 Å². The molecule has 0 saturated heterocycles. The summed E-state index contributed by atoms with van der Waals surface area (Å²) in [6, 6.07) is 7.64. The fourth-order valence-corrected chi connectivity index (χ4v) is 1.98. The zero-order chi connectivity index (χ0) is 14.8. The lowest BCUT2D eigenvalue weighted by Crippen LogP contribution is -2.29. The molecule has 0 bridgehead atoms. The normalized spacial score (nSPS) is 11.7. The molecule has 0 unspecified atom stereocenters. The molecule has 0 aliphatic rings. The number of methoxy groups -OCH3 is 1. The van der Waals surface area contributed by atoms with E-state index in [-0.39, 0.29) is 0 Å². The molecule has 0 aromatic heterocycles. The highest BCUT2D eigenvalue weighted by atomic mass is 16.5. The van der Waals surface area contributed by atoms with Crippen LogP contribution in [0.15, 0.2) is 29.3 Å². The SMILES string of the molecule is CCCN(CC)CCN=C(N)Nc1ccccc1OC. The molecule has 0 spiro atoms. The van der Waals surface area contributed by atoms with E-state index in [4.69, 9.17) is 10.5 Å². The van der Waals surface area contributed by atoms with Crippen LogP contribution in [-0.4, -0.2) is 44.1 Å². The molecule has 1 aromatic rings. The van der Waals surface area contributed by atoms with E-state index >= 15 is 0 Å². The largest absolute Gasteiger partial charge is 0.495 e. The van der Waals surface area contributed by atoms with Crippen LogP contribution in [0.25, 0.3) is 0 Å². The number of guanidine groups is 1. The number of nitrogens with two attached hydrogens (primary N) is 1. The van der Waals surface area contributed by atoms with Crippen molar-refractivity contribution in [2.45, 2.75) is 20.3 Å². The lowest BCUT2D eigenvalue weighted by molar-refractivity contribution is 0.297. The molecule has 3 N–H and O–H groups in total. The predicted octanol–water partition coefficient (Wildman–Crippen LogP) is 2.15. The first-order chi connectivity index (χ1) is 9.71. The molecule has 0 atom stereocenters. The Hall–Kier alpha value is -1.75. The predicted molar refractivity (Wildman–Crippen MR) is 85.5 cm³/mol. The molecule has 0 fully saturated rings. The van der Waals surface area contributed by atoms with Crippen LogP contribution in [0.3, 0.4) is 0 Å². The molecule has 1 aromatic carbocycles. The van der Waals surface area contributed by atoms with Crippen LogP contribution in [0.1, 0.15) is 20.3 Å². The Morgan fingerprint density at radius 2 is 2.05 bits per heavy atom. The molecule has 1 rings (SSSR count). The summed E-state index contributed by atoms with van der Waals surface area (Å²) in [5.41, 5.74) is 6.73. The van der Waals surface area contributed by atoms with Crippen LogP contribution in [0, 0.1) is 0 Å². The third-order valence-corrected chi connectivity index (χ3v) is 3.06. The Kier molecular flexibility index (Phi) is 7.50. The van der Waals surface area contributed by atoms with Crippen LogP contribution in [0.5, 0.6) is 5.75 Å². The Balaban J connectivity index is 2.49. The molecule has 5 heteroatoms. The number of anilines is 1. The van der Waals surface area contributed by atoms with Gasteiger partial charge in [0.15, 0.2) is 5.96 Å². The van der Waals surface area contributed by atoms with Crippen molar-refractivity contribution in [1.82, 2.24) is 4.90 Å². The fraction of sp³-hybridized carbons (Fsp3) is 0.533. The summed E-state index contributed by atoms with van der Waals surface area (Å²) in [4.78, 5) is 6.71. The lowest BCUT2D eigenvalue weighted by atomic mass is 10.3. The van der Waals surface area contributed by atoms with Gasteiger partial charge in [0.25, 0.3) is 0 Å². The minimum atomic E-state index is 0.419. The summed E-state index contributed by atoms with van der Waals surface area (Å²) in [5, 5.41) is 3.07. The number of nitrogens with zero attached hydrogens (tertiary/aromatic N) is 2. The third-order valence-electron chi connectivity index (χ3n) is 3.06. The number of ether oxygens (including phenoxy) is 1. The molecule has 0 amide bonds. The highest BCUT2D eigenvalue weighted by Crippen LogP contribution is 2.22. The van der Waals surface area contributed by atoms with Crippen molar-refractivity contribution in [1.29, 1.82) is 0 Å². The van der Waals surface area contributed by atoms with Gasteiger partial charge in [-0.25, -0.2) is 0 Å². The molecule has 0 aliphatic heterocycles. The second-order valence-electron chi connectivity index (χ2n) is 4.53. The second-order valence-corrected chi connectivity index (χ2v) is 4.53. The van der Waals surface area contributed by atoms with Crippen molar-refractivity contribution in [3.63, 3.8) is 0 Å². The molecule has 20 heavy (non-hydrogen) atoms. The summed E-state index contributed by atoms with van der Waals surface area (Å²) in [6.07, 6.45) is 1.16. The topological polar surface area (TPSA) is 62.9 Å². The van der Waals surface area contributed by atoms with Crippen molar-refractivity contribution < 1.29 is 4.74 Å². The van der Waals surface area contributed by atoms with Crippen LogP contribution in [-0.2, 0) is 0 Å². The van der Waals surface area contributed by atoms with Gasteiger partial charge < -0.3 is 20.7 Å². The van der Waals surface area contributed by atoms with Crippen molar-refractivity contribution in [2.75, 3.05) is 38.6 Å². The summed E-state index contributed by atoms with van der Waals surface area (Å²) in [7, 11) is 1.64. The zero-order valence-electron chi connectivity index (χ0n) is 12.7. The van der Waals surface area contributed by atoms with E-state index in [1.165, 1.54) is 0 Å². The summed E-state index contributed by atoms with van der Waals surface area (Å²) in [5.74, 6) is 1.17. The number of nitrogens with one attached hydrogen (secondary N) is 1. The minimum Gasteiger partial charge on any atom is -0.495 e. The minimum absolute atomic E-state index is 0.419. The lowest BCUT2D eigenvalue weighted by Gasteiger charge is -2.18. The van der Waals surface area contributed by atoms with Gasteiger partial charge in [-0.3, -0.25) is 4.99 Å². The van der Waals surface area contributed by atoms with Crippen LogP contribution in [0.4, 0.5) is 5.69 Å². The Morgan fingerprint density at radius 3 is 2.70 bits per heavy atom. The molecule has 5 nitrogen and oxygen atoms in total. The molecular weight excluding hydrogens is 252 g/mol. The number of benzene rings is 1. The van der Waals surface area contributed by atoms with Gasteiger partial charge in [0.05, 0.1) is 19.3 Å². The van der Waals surface area contributed by atoms with Gasteiger partial charge in [0, 0.05) is 6.54 Å². The standard InChI is InChI=1S/C15H26N4O/c1-4-11-19(5-2)12-10-17-15(16)18-13-8-6-7-9-14(13)20-3/h6-9H,4-5,10-12H2,1-3H3,(H3,16,17,18). The number of hydrogen-bond donors (Lipinski definition) is 2. The van der Waals surface area contributed by atoms with E-state index in [0.29, 0.717) is 12.5 Å². The monoisotopic (exact) mass is 278 g/mol. The average molecular weight is 278 g/mol. The van der Waals surface area contributed by atoms with E-state index < -0.39 is 0 Å². The van der Waals surface area contributed by atoms with Gasteiger partial charge in [-0.1, -0.05) is 26.0 Å². The van der Waals surface area contributed by atoms with Gasteiger partial charge in [-0.2, -0.15) is 0 Å². The van der Waals surface area contributed by atoms with Gasteiger partial charge >= 0.3 is 0 Å². The van der Waals surface area contributed by atoms with Crippen molar-refractivity contribution in [2.24, 2.45) is 10.7 Å². The molecule has 0 heterocycles. The number of hydrogen-bond acceptors (Lipinski definition) is 3. The molecule has 0 aliphatic carbocycles. The Labute approximate surface area is 121 Å². The number of aliphatic imine (C=N–C) groups is 1. The highest BCUT2D eigenvalue weighted by Gasteiger charge is 2.03. The maximum absolute atomic E-state index is 5.90. The van der Waals surface area contributed by atoms with Crippen molar-refractivity contribution in [3.05, 3.63) is 24.3 Å². The summed E-state index contributed by atoms with van der Waals surface area (Å²) >= 11 is 0. The van der Waals surface area contributed by atoms with E-state index in [0.717, 1.165) is 37.5 Å². The summed E-state index contributed by atoms with van der Waals surface area (Å²) < 4.78 is 5.26. The van der Waals surface area contributed by atoms with Crippen LogP contribution < -0.4 is 15.8 Å². The molecule has 0 saturated carbocycles. The van der Waals surface area contributed by atoms with Crippen LogP contribution >= 0.6 is 0 Å². The van der Waals surface area contributed by atoms with Gasteiger partial charge in [-0.15, -0.1) is 0 Å². The Morgan fingerprint density at radius 1 is 1.30 bits per heavy atom. The van der Waals surface area contributed by atoms with Crippen molar-refractivity contribution >= 4 is 11.6 Å². The second kappa shape index (κ2) is 9.20. The third kappa shape index (κ3) is 5.48. The van der Waals surface area contributed by atoms with Crippen molar-refractivity contribution in [3.8, 4) is 5.75 Å². The first-order valence-corrected chi connectivity index (χ1v) is 7.13. The smallest absolute Gasteiger partial charge is 0.193 e. The number of para-hydroxylation sites is 2. The van der Waals surface area contributed by atoms with E-state index in [1.807, 2.05) is 24.3 Å². The van der Waals surface area contributed by atoms with E-state index in [2.05, 4.69) is 29.1 Å².